The quantitative estimate of drug-likeness (QED) is 0.193. The zero-order valence-electron chi connectivity index (χ0n) is 20.9. The van der Waals surface area contributed by atoms with Gasteiger partial charge in [-0.3, -0.25) is 9.59 Å². The van der Waals surface area contributed by atoms with Crippen molar-refractivity contribution in [1.29, 1.82) is 0 Å². The molecule has 0 N–H and O–H groups in total. The molecule has 1 heterocycles. The largest absolute Gasteiger partial charge is 0.468 e. The van der Waals surface area contributed by atoms with E-state index in [0.717, 1.165) is 27.6 Å². The molecule has 0 saturated carbocycles. The molecule has 0 amide bonds. The molecule has 0 fully saturated rings. The van der Waals surface area contributed by atoms with Crippen LogP contribution in [0.1, 0.15) is 37.3 Å². The maximum Gasteiger partial charge on any atom is 0.330 e. The summed E-state index contributed by atoms with van der Waals surface area (Å²) in [6, 6.07) is 17.3. The molecule has 0 spiro atoms. The number of nitrogens with zero attached hydrogens (tertiary/aromatic N) is 1. The molecule has 0 aliphatic carbocycles. The number of benzene rings is 2. The average Bonchev–Trinajstić information content (AvgIpc) is 3.21. The van der Waals surface area contributed by atoms with E-state index in [-0.39, 0.29) is 13.0 Å². The molecule has 36 heavy (non-hydrogen) atoms. The van der Waals surface area contributed by atoms with Gasteiger partial charge in [-0.05, 0) is 36.3 Å². The first-order chi connectivity index (χ1) is 17.4. The summed E-state index contributed by atoms with van der Waals surface area (Å²) in [5.41, 5.74) is 1.57. The van der Waals surface area contributed by atoms with E-state index in [1.54, 1.807) is 24.8 Å². The topological polar surface area (TPSA) is 91.3 Å². The molecule has 7 nitrogen and oxygen atoms in total. The molecule has 2 atom stereocenters. The highest BCUT2D eigenvalue weighted by Gasteiger charge is 2.53. The monoisotopic (exact) mass is 509 g/mol. The zero-order chi connectivity index (χ0) is 26.1. The van der Waals surface area contributed by atoms with Crippen LogP contribution in [0.3, 0.4) is 0 Å². The fraction of sp³-hybridized carbons (Fsp3) is 0.357. The van der Waals surface area contributed by atoms with Crippen LogP contribution in [0.5, 0.6) is 0 Å². The summed E-state index contributed by atoms with van der Waals surface area (Å²) in [4.78, 5) is 43.1. The average molecular weight is 510 g/mol. The number of carbonyl (C=O) groups is 3. The third-order valence-corrected chi connectivity index (χ3v) is 7.19. The van der Waals surface area contributed by atoms with Crippen molar-refractivity contribution in [2.75, 3.05) is 26.6 Å². The Labute approximate surface area is 215 Å². The first kappa shape index (κ1) is 27.2. The number of fused-ring (bicyclic) bond motifs is 1. The lowest BCUT2D eigenvalue weighted by Gasteiger charge is -2.39. The number of carbonyl (C=O) groups excluding carboxylic acids is 3. The lowest BCUT2D eigenvalue weighted by Crippen LogP contribution is -2.43. The molecule has 0 radical (unpaired) electrons. The number of aliphatic imine (C=N–C) groups is 1. The van der Waals surface area contributed by atoms with Crippen molar-refractivity contribution in [3.05, 3.63) is 77.9 Å². The standard InChI is InChI=1S/C28H31NO6S/c1-5-35-24(30)17-16-21(19-12-8-7-9-13-19)28(18-20(25(31)33-3)26(32)34-4)22-14-10-11-15-23(22)29-27(28)36-6-2/h7-17,20-21H,5-6,18H2,1-4H3/b17-16+/t21-,28-/m0/s1. The molecule has 0 bridgehead atoms. The smallest absolute Gasteiger partial charge is 0.330 e. The van der Waals surface area contributed by atoms with Gasteiger partial charge >= 0.3 is 17.9 Å². The molecule has 1 aliphatic rings. The second-order valence-electron chi connectivity index (χ2n) is 8.14. The van der Waals surface area contributed by atoms with Gasteiger partial charge in [0.1, 0.15) is 0 Å². The van der Waals surface area contributed by atoms with Gasteiger partial charge in [0.15, 0.2) is 5.92 Å². The number of allylic oxidation sites excluding steroid dienone is 1. The lowest BCUT2D eigenvalue weighted by molar-refractivity contribution is -0.159. The molecule has 0 aromatic heterocycles. The molecule has 8 heteroatoms. The Morgan fingerprint density at radius 2 is 1.61 bits per heavy atom. The number of hydrogen-bond donors (Lipinski definition) is 0. The number of rotatable bonds is 10. The van der Waals surface area contributed by atoms with Gasteiger partial charge in [-0.2, -0.15) is 0 Å². The number of hydrogen-bond acceptors (Lipinski definition) is 8. The van der Waals surface area contributed by atoms with E-state index < -0.39 is 35.2 Å². The van der Waals surface area contributed by atoms with E-state index in [0.29, 0.717) is 0 Å². The third-order valence-electron chi connectivity index (χ3n) is 6.17. The minimum absolute atomic E-state index is 0.0436. The summed E-state index contributed by atoms with van der Waals surface area (Å²) < 4.78 is 15.2. The molecule has 0 unspecified atom stereocenters. The highest BCUT2D eigenvalue weighted by atomic mass is 32.2. The first-order valence-corrected chi connectivity index (χ1v) is 12.8. The Kier molecular flexibility index (Phi) is 9.47. The minimum atomic E-state index is -1.20. The van der Waals surface area contributed by atoms with E-state index in [4.69, 9.17) is 19.2 Å². The normalized spacial score (nSPS) is 17.4. The summed E-state index contributed by atoms with van der Waals surface area (Å²) in [5.74, 6) is -2.78. The predicted molar refractivity (Wildman–Crippen MR) is 140 cm³/mol. The highest BCUT2D eigenvalue weighted by molar-refractivity contribution is 8.14. The van der Waals surface area contributed by atoms with Crippen LogP contribution in [0.4, 0.5) is 5.69 Å². The third kappa shape index (κ3) is 5.54. The van der Waals surface area contributed by atoms with Gasteiger partial charge in [-0.1, -0.05) is 61.5 Å². The van der Waals surface area contributed by atoms with Crippen molar-refractivity contribution >= 4 is 40.4 Å². The lowest BCUT2D eigenvalue weighted by atomic mass is 9.64. The number of methoxy groups -OCH3 is 2. The van der Waals surface area contributed by atoms with Gasteiger partial charge < -0.3 is 14.2 Å². The summed E-state index contributed by atoms with van der Waals surface area (Å²) in [7, 11) is 2.50. The zero-order valence-corrected chi connectivity index (χ0v) is 21.7. The summed E-state index contributed by atoms with van der Waals surface area (Å²) in [6.45, 7) is 4.01. The van der Waals surface area contributed by atoms with Crippen molar-refractivity contribution in [3.63, 3.8) is 0 Å². The van der Waals surface area contributed by atoms with Crippen LogP contribution in [0, 0.1) is 5.92 Å². The molecule has 1 aliphatic heterocycles. The second-order valence-corrected chi connectivity index (χ2v) is 9.39. The Bertz CT molecular complexity index is 1130. The Morgan fingerprint density at radius 1 is 0.972 bits per heavy atom. The second kappa shape index (κ2) is 12.5. The van der Waals surface area contributed by atoms with Gasteiger partial charge in [-0.15, -0.1) is 11.8 Å². The van der Waals surface area contributed by atoms with E-state index >= 15 is 0 Å². The van der Waals surface area contributed by atoms with Crippen LogP contribution >= 0.6 is 11.8 Å². The van der Waals surface area contributed by atoms with Crippen LogP contribution < -0.4 is 0 Å². The van der Waals surface area contributed by atoms with Crippen LogP contribution in [0.15, 0.2) is 71.7 Å². The van der Waals surface area contributed by atoms with E-state index in [1.165, 1.54) is 20.3 Å². The van der Waals surface area contributed by atoms with Crippen LogP contribution in [-0.2, 0) is 34.0 Å². The van der Waals surface area contributed by atoms with Crippen LogP contribution in [0.25, 0.3) is 0 Å². The Hall–Kier alpha value is -3.39. The van der Waals surface area contributed by atoms with E-state index in [2.05, 4.69) is 0 Å². The number of esters is 3. The van der Waals surface area contributed by atoms with Crippen molar-refractivity contribution in [3.8, 4) is 0 Å². The number of ether oxygens (including phenoxy) is 3. The fourth-order valence-electron chi connectivity index (χ4n) is 4.65. The predicted octanol–water partition coefficient (Wildman–Crippen LogP) is 4.98. The fourth-order valence-corrected chi connectivity index (χ4v) is 5.66. The summed E-state index contributed by atoms with van der Waals surface area (Å²) in [6.07, 6.45) is 3.23. The molecule has 0 saturated heterocycles. The van der Waals surface area contributed by atoms with Crippen molar-refractivity contribution in [2.24, 2.45) is 10.9 Å². The molecule has 2 aromatic carbocycles. The van der Waals surface area contributed by atoms with Gasteiger partial charge in [0, 0.05) is 12.0 Å². The Morgan fingerprint density at radius 3 is 2.22 bits per heavy atom. The number of thioether (sulfide) groups is 1. The first-order valence-electron chi connectivity index (χ1n) is 11.8. The van der Waals surface area contributed by atoms with Gasteiger partial charge in [0.25, 0.3) is 0 Å². The summed E-state index contributed by atoms with van der Waals surface area (Å²) >= 11 is 1.55. The number of para-hydroxylation sites is 1. The summed E-state index contributed by atoms with van der Waals surface area (Å²) in [5, 5.41) is 0.756. The SMILES string of the molecule is CCOC(=O)/C=C/[C@@H](c1ccccc1)[C@]1(CC(C(=O)OC)C(=O)OC)C(SCC)=Nc2ccccc21. The maximum atomic E-state index is 12.9. The van der Waals surface area contributed by atoms with E-state index in [1.807, 2.05) is 61.5 Å². The maximum absolute atomic E-state index is 12.9. The molecule has 190 valence electrons. The Balaban J connectivity index is 2.32. The van der Waals surface area contributed by atoms with Gasteiger partial charge in [0.05, 0.1) is 37.0 Å². The van der Waals surface area contributed by atoms with Gasteiger partial charge in [-0.25, -0.2) is 9.79 Å². The van der Waals surface area contributed by atoms with Crippen molar-refractivity contribution in [2.45, 2.75) is 31.6 Å². The molecule has 3 rings (SSSR count). The van der Waals surface area contributed by atoms with Crippen molar-refractivity contribution < 1.29 is 28.6 Å². The van der Waals surface area contributed by atoms with Crippen molar-refractivity contribution in [1.82, 2.24) is 0 Å². The van der Waals surface area contributed by atoms with Gasteiger partial charge in [0.2, 0.25) is 0 Å². The van der Waals surface area contributed by atoms with Crippen LogP contribution in [0.2, 0.25) is 0 Å². The minimum Gasteiger partial charge on any atom is -0.468 e. The molecular formula is C28H31NO6S. The molecule has 2 aromatic rings. The highest BCUT2D eigenvalue weighted by Crippen LogP contribution is 2.55. The van der Waals surface area contributed by atoms with Crippen LogP contribution in [-0.4, -0.2) is 49.5 Å². The van der Waals surface area contributed by atoms with E-state index in [9.17, 15) is 14.4 Å². The molecular weight excluding hydrogens is 478 g/mol.